The van der Waals surface area contributed by atoms with Crippen LogP contribution in [-0.4, -0.2) is 67.4 Å². The molecule has 1 aromatic carbocycles. The van der Waals surface area contributed by atoms with Crippen molar-refractivity contribution in [2.24, 2.45) is 0 Å². The van der Waals surface area contributed by atoms with Gasteiger partial charge in [-0.1, -0.05) is 12.1 Å². The van der Waals surface area contributed by atoms with Gasteiger partial charge in [0.2, 0.25) is 0 Å². The fourth-order valence-electron chi connectivity index (χ4n) is 4.53. The molecule has 0 radical (unpaired) electrons. The van der Waals surface area contributed by atoms with Crippen LogP contribution in [0.5, 0.6) is 0 Å². The van der Waals surface area contributed by atoms with Gasteiger partial charge < -0.3 is 14.5 Å². The first-order valence-corrected chi connectivity index (χ1v) is 12.0. The molecule has 0 amide bonds. The van der Waals surface area contributed by atoms with Crippen LogP contribution in [0.3, 0.4) is 0 Å². The molecule has 2 aromatic heterocycles. The van der Waals surface area contributed by atoms with Gasteiger partial charge in [-0.15, -0.1) is 11.3 Å². The minimum atomic E-state index is 0.797. The molecule has 5 rings (SSSR count). The molecule has 6 nitrogen and oxygen atoms in total. The maximum Gasteiger partial charge on any atom is 0.146 e. The van der Waals surface area contributed by atoms with Gasteiger partial charge in [0.25, 0.3) is 0 Å². The summed E-state index contributed by atoms with van der Waals surface area (Å²) in [6.45, 7) is 14.8. The zero-order valence-electron chi connectivity index (χ0n) is 18.7. The van der Waals surface area contributed by atoms with Crippen LogP contribution < -0.4 is 9.80 Å². The highest BCUT2D eigenvalue weighted by Crippen LogP contribution is 2.35. The van der Waals surface area contributed by atoms with Crippen LogP contribution in [0.15, 0.2) is 24.3 Å². The zero-order valence-corrected chi connectivity index (χ0v) is 19.5. The van der Waals surface area contributed by atoms with Crippen molar-refractivity contribution in [1.29, 1.82) is 0 Å². The Morgan fingerprint density at radius 2 is 1.68 bits per heavy atom. The van der Waals surface area contributed by atoms with Crippen LogP contribution >= 0.6 is 11.3 Å². The lowest BCUT2D eigenvalue weighted by atomic mass is 10.1. The number of benzene rings is 1. The molecule has 0 spiro atoms. The zero-order chi connectivity index (χ0) is 21.4. The Balaban J connectivity index is 1.41. The lowest BCUT2D eigenvalue weighted by Crippen LogP contribution is -2.47. The number of ether oxygens (including phenoxy) is 1. The smallest absolute Gasteiger partial charge is 0.146 e. The van der Waals surface area contributed by atoms with Crippen molar-refractivity contribution in [3.63, 3.8) is 0 Å². The fraction of sp³-hybridized carbons (Fsp3) is 0.500. The summed E-state index contributed by atoms with van der Waals surface area (Å²) >= 11 is 1.80. The summed E-state index contributed by atoms with van der Waals surface area (Å²) in [4.78, 5) is 19.9. The SMILES string of the molecule is Cc1cccc(N2CCN(c3nc(CN4CCOCC4)nc4sc(C)c(C)c34)CC2)c1. The predicted molar refractivity (Wildman–Crippen MR) is 129 cm³/mol. The molecule has 0 unspecified atom stereocenters. The van der Waals surface area contributed by atoms with Crippen molar-refractivity contribution in [1.82, 2.24) is 14.9 Å². The molecule has 164 valence electrons. The highest BCUT2D eigenvalue weighted by Gasteiger charge is 2.24. The maximum absolute atomic E-state index is 5.51. The number of morpholine rings is 1. The average Bonchev–Trinajstić information content (AvgIpc) is 3.07. The van der Waals surface area contributed by atoms with Crippen LogP contribution in [0.1, 0.15) is 21.8 Å². The Bertz CT molecular complexity index is 1070. The third-order valence-electron chi connectivity index (χ3n) is 6.47. The average molecular weight is 438 g/mol. The van der Waals surface area contributed by atoms with E-state index in [1.54, 1.807) is 11.3 Å². The number of hydrogen-bond acceptors (Lipinski definition) is 7. The third kappa shape index (κ3) is 4.27. The van der Waals surface area contributed by atoms with Crippen molar-refractivity contribution in [3.8, 4) is 0 Å². The molecule has 7 heteroatoms. The Labute approximate surface area is 188 Å². The molecule has 4 heterocycles. The standard InChI is InChI=1S/C24H31N5OS/c1-17-5-4-6-20(15-17)28-7-9-29(10-8-28)23-22-18(2)19(3)31-24(22)26-21(25-23)16-27-11-13-30-14-12-27/h4-6,15H,7-14,16H2,1-3H3. The lowest BCUT2D eigenvalue weighted by Gasteiger charge is -2.37. The van der Waals surface area contributed by atoms with Gasteiger partial charge in [0.15, 0.2) is 0 Å². The Morgan fingerprint density at radius 1 is 0.935 bits per heavy atom. The molecule has 2 aliphatic heterocycles. The number of piperazine rings is 1. The first kappa shape index (κ1) is 20.7. The van der Waals surface area contributed by atoms with Crippen LogP contribution in [0, 0.1) is 20.8 Å². The molecule has 0 saturated carbocycles. The van der Waals surface area contributed by atoms with Gasteiger partial charge in [-0.05, 0) is 44.0 Å². The van der Waals surface area contributed by atoms with Gasteiger partial charge in [0.05, 0.1) is 25.1 Å². The molecule has 2 fully saturated rings. The predicted octanol–water partition coefficient (Wildman–Crippen LogP) is 3.78. The highest BCUT2D eigenvalue weighted by molar-refractivity contribution is 7.18. The summed E-state index contributed by atoms with van der Waals surface area (Å²) < 4.78 is 5.51. The Kier molecular flexibility index (Phi) is 5.82. The van der Waals surface area contributed by atoms with E-state index in [0.29, 0.717) is 0 Å². The van der Waals surface area contributed by atoms with E-state index in [1.165, 1.54) is 27.1 Å². The van der Waals surface area contributed by atoms with Crippen molar-refractivity contribution >= 4 is 33.1 Å². The first-order chi connectivity index (χ1) is 15.1. The first-order valence-electron chi connectivity index (χ1n) is 11.2. The maximum atomic E-state index is 5.51. The number of rotatable bonds is 4. The molecule has 31 heavy (non-hydrogen) atoms. The summed E-state index contributed by atoms with van der Waals surface area (Å²) in [5.74, 6) is 2.06. The molecule has 0 bridgehead atoms. The number of hydrogen-bond donors (Lipinski definition) is 0. The number of anilines is 2. The van der Waals surface area contributed by atoms with Crippen molar-refractivity contribution in [2.45, 2.75) is 27.3 Å². The summed E-state index contributed by atoms with van der Waals surface area (Å²) in [5, 5.41) is 1.25. The van der Waals surface area contributed by atoms with E-state index in [9.17, 15) is 0 Å². The molecular formula is C24H31N5OS. The summed E-state index contributed by atoms with van der Waals surface area (Å²) in [6, 6.07) is 8.82. The third-order valence-corrected chi connectivity index (χ3v) is 7.57. The Hall–Kier alpha value is -2.22. The molecule has 0 N–H and O–H groups in total. The largest absolute Gasteiger partial charge is 0.379 e. The van der Waals surface area contributed by atoms with E-state index in [2.05, 4.69) is 59.7 Å². The van der Waals surface area contributed by atoms with Crippen LogP contribution in [0.25, 0.3) is 10.2 Å². The second-order valence-corrected chi connectivity index (χ2v) is 9.83. The number of thiophene rings is 1. The molecular weight excluding hydrogens is 406 g/mol. The van der Waals surface area contributed by atoms with Gasteiger partial charge in [-0.3, -0.25) is 4.90 Å². The summed E-state index contributed by atoms with van der Waals surface area (Å²) in [6.07, 6.45) is 0. The fourth-order valence-corrected chi connectivity index (χ4v) is 5.57. The molecule has 2 saturated heterocycles. The topological polar surface area (TPSA) is 44.7 Å². The van der Waals surface area contributed by atoms with Gasteiger partial charge >= 0.3 is 0 Å². The van der Waals surface area contributed by atoms with Crippen molar-refractivity contribution < 1.29 is 4.74 Å². The Morgan fingerprint density at radius 3 is 2.42 bits per heavy atom. The molecule has 0 atom stereocenters. The van der Waals surface area contributed by atoms with Gasteiger partial charge in [0, 0.05) is 49.8 Å². The van der Waals surface area contributed by atoms with E-state index in [4.69, 9.17) is 14.7 Å². The van der Waals surface area contributed by atoms with Crippen LogP contribution in [0.2, 0.25) is 0 Å². The number of aryl methyl sites for hydroxylation is 3. The van der Waals surface area contributed by atoms with Gasteiger partial charge in [-0.2, -0.15) is 0 Å². The second kappa shape index (κ2) is 8.73. The number of aromatic nitrogens is 2. The molecule has 2 aliphatic rings. The monoisotopic (exact) mass is 437 g/mol. The quantitative estimate of drug-likeness (QED) is 0.619. The van der Waals surface area contributed by atoms with Crippen LogP contribution in [0.4, 0.5) is 11.5 Å². The lowest BCUT2D eigenvalue weighted by molar-refractivity contribution is 0.0331. The van der Waals surface area contributed by atoms with Gasteiger partial charge in [0.1, 0.15) is 16.5 Å². The summed E-state index contributed by atoms with van der Waals surface area (Å²) in [5.41, 5.74) is 3.96. The van der Waals surface area contributed by atoms with Crippen LogP contribution in [-0.2, 0) is 11.3 Å². The number of nitrogens with zero attached hydrogens (tertiary/aromatic N) is 5. The molecule has 3 aromatic rings. The van der Waals surface area contributed by atoms with Crippen molar-refractivity contribution in [2.75, 3.05) is 62.3 Å². The van der Waals surface area contributed by atoms with E-state index in [0.717, 1.165) is 75.5 Å². The summed E-state index contributed by atoms with van der Waals surface area (Å²) in [7, 11) is 0. The number of fused-ring (bicyclic) bond motifs is 1. The minimum Gasteiger partial charge on any atom is -0.379 e. The van der Waals surface area contributed by atoms with E-state index in [-0.39, 0.29) is 0 Å². The minimum absolute atomic E-state index is 0.797. The normalized spacial score (nSPS) is 18.2. The van der Waals surface area contributed by atoms with E-state index < -0.39 is 0 Å². The highest BCUT2D eigenvalue weighted by atomic mass is 32.1. The van der Waals surface area contributed by atoms with Gasteiger partial charge in [-0.25, -0.2) is 9.97 Å². The molecule has 0 aliphatic carbocycles. The van der Waals surface area contributed by atoms with E-state index in [1.807, 2.05) is 0 Å². The second-order valence-electron chi connectivity index (χ2n) is 8.63. The van der Waals surface area contributed by atoms with E-state index >= 15 is 0 Å². The van der Waals surface area contributed by atoms with Crippen molar-refractivity contribution in [3.05, 3.63) is 46.1 Å².